The Hall–Kier alpha value is -1.76. The molecule has 1 aromatic rings. The standard InChI is InChI=1S/C17H28N2O4S/c1-5-10-19(11-6-2)17(20)14(3)13-24(21,22)18-15-8-7-9-16(12-15)23-4/h7-9,12,14,18H,5-6,10-11,13H2,1-4H3. The minimum absolute atomic E-state index is 0.116. The number of carbonyl (C=O) groups is 1. The molecule has 7 heteroatoms. The summed E-state index contributed by atoms with van der Waals surface area (Å²) < 4.78 is 32.2. The van der Waals surface area contributed by atoms with Crippen molar-refractivity contribution >= 4 is 21.6 Å². The molecular formula is C17H28N2O4S. The van der Waals surface area contributed by atoms with Gasteiger partial charge in [-0.15, -0.1) is 0 Å². The first-order chi connectivity index (χ1) is 11.3. The van der Waals surface area contributed by atoms with E-state index in [0.717, 1.165) is 12.8 Å². The molecule has 0 saturated carbocycles. The van der Waals surface area contributed by atoms with Gasteiger partial charge in [0.15, 0.2) is 0 Å². The number of rotatable bonds is 10. The number of anilines is 1. The normalized spacial score (nSPS) is 12.5. The lowest BCUT2D eigenvalue weighted by molar-refractivity contribution is -0.134. The van der Waals surface area contributed by atoms with Crippen LogP contribution in [0.2, 0.25) is 0 Å². The van der Waals surface area contributed by atoms with E-state index in [2.05, 4.69) is 4.72 Å². The van der Waals surface area contributed by atoms with E-state index in [1.165, 1.54) is 7.11 Å². The topological polar surface area (TPSA) is 75.7 Å². The van der Waals surface area contributed by atoms with Crippen molar-refractivity contribution in [3.05, 3.63) is 24.3 Å². The van der Waals surface area contributed by atoms with E-state index in [0.29, 0.717) is 24.5 Å². The van der Waals surface area contributed by atoms with Crippen molar-refractivity contribution in [2.75, 3.05) is 30.7 Å². The summed E-state index contributed by atoms with van der Waals surface area (Å²) in [5, 5.41) is 0. The monoisotopic (exact) mass is 356 g/mol. The van der Waals surface area contributed by atoms with E-state index >= 15 is 0 Å². The summed E-state index contributed by atoms with van der Waals surface area (Å²) in [6, 6.07) is 6.68. The predicted molar refractivity (Wildman–Crippen MR) is 96.7 cm³/mol. The van der Waals surface area contributed by atoms with Crippen molar-refractivity contribution in [1.82, 2.24) is 4.90 Å². The van der Waals surface area contributed by atoms with Gasteiger partial charge >= 0.3 is 0 Å². The summed E-state index contributed by atoms with van der Waals surface area (Å²) in [6.45, 7) is 6.97. The van der Waals surface area contributed by atoms with Crippen LogP contribution in [0.25, 0.3) is 0 Å². The highest BCUT2D eigenvalue weighted by Gasteiger charge is 2.25. The van der Waals surface area contributed by atoms with Crippen molar-refractivity contribution in [3.63, 3.8) is 0 Å². The molecule has 0 spiro atoms. The fourth-order valence-corrected chi connectivity index (χ4v) is 3.86. The van der Waals surface area contributed by atoms with Crippen LogP contribution in [-0.4, -0.2) is 45.2 Å². The van der Waals surface area contributed by atoms with Gasteiger partial charge in [0.05, 0.1) is 24.5 Å². The number of amides is 1. The average molecular weight is 356 g/mol. The predicted octanol–water partition coefficient (Wildman–Crippen LogP) is 2.72. The molecule has 0 aliphatic heterocycles. The van der Waals surface area contributed by atoms with Crippen molar-refractivity contribution in [2.24, 2.45) is 5.92 Å². The third-order valence-corrected chi connectivity index (χ3v) is 5.02. The molecule has 1 aromatic carbocycles. The van der Waals surface area contributed by atoms with Crippen LogP contribution in [0.15, 0.2) is 24.3 Å². The highest BCUT2D eigenvalue weighted by molar-refractivity contribution is 7.92. The summed E-state index contributed by atoms with van der Waals surface area (Å²) in [4.78, 5) is 14.2. The third-order valence-electron chi connectivity index (χ3n) is 3.53. The number of carbonyl (C=O) groups excluding carboxylic acids is 1. The highest BCUT2D eigenvalue weighted by Crippen LogP contribution is 2.19. The van der Waals surface area contributed by atoms with E-state index in [1.54, 1.807) is 36.1 Å². The van der Waals surface area contributed by atoms with E-state index < -0.39 is 15.9 Å². The van der Waals surface area contributed by atoms with Crippen molar-refractivity contribution in [1.29, 1.82) is 0 Å². The van der Waals surface area contributed by atoms with Gasteiger partial charge in [-0.1, -0.05) is 26.8 Å². The molecule has 6 nitrogen and oxygen atoms in total. The molecule has 0 fully saturated rings. The van der Waals surface area contributed by atoms with Gasteiger partial charge < -0.3 is 9.64 Å². The van der Waals surface area contributed by atoms with Gasteiger partial charge in [0.25, 0.3) is 0 Å². The number of ether oxygens (including phenoxy) is 1. The third kappa shape index (κ3) is 6.39. The number of sulfonamides is 1. The smallest absolute Gasteiger partial charge is 0.233 e. The highest BCUT2D eigenvalue weighted by atomic mass is 32.2. The van der Waals surface area contributed by atoms with E-state index in [9.17, 15) is 13.2 Å². The Labute approximate surface area is 145 Å². The number of nitrogens with zero attached hydrogens (tertiary/aromatic N) is 1. The molecule has 0 radical (unpaired) electrons. The molecule has 0 saturated heterocycles. The molecular weight excluding hydrogens is 328 g/mol. The molecule has 0 heterocycles. The molecule has 1 unspecified atom stereocenters. The van der Waals surface area contributed by atoms with Gasteiger partial charge in [-0.2, -0.15) is 0 Å². The van der Waals surface area contributed by atoms with E-state index in [1.807, 2.05) is 13.8 Å². The van der Waals surface area contributed by atoms with Crippen LogP contribution in [0.3, 0.4) is 0 Å². The Balaban J connectivity index is 2.75. The first-order valence-electron chi connectivity index (χ1n) is 8.26. The largest absolute Gasteiger partial charge is 0.497 e. The van der Waals surface area contributed by atoms with Crippen LogP contribution in [0, 0.1) is 5.92 Å². The lowest BCUT2D eigenvalue weighted by atomic mass is 10.1. The first-order valence-corrected chi connectivity index (χ1v) is 9.91. The second kappa shape index (κ2) is 9.52. The van der Waals surface area contributed by atoms with Gasteiger partial charge in [-0.25, -0.2) is 8.42 Å². The van der Waals surface area contributed by atoms with Crippen LogP contribution in [0.4, 0.5) is 5.69 Å². The van der Waals surface area contributed by atoms with Gasteiger partial charge in [0, 0.05) is 19.2 Å². The van der Waals surface area contributed by atoms with E-state index in [-0.39, 0.29) is 11.7 Å². The Morgan fingerprint density at radius 3 is 2.42 bits per heavy atom. The summed E-state index contributed by atoms with van der Waals surface area (Å²) in [5.74, 6) is -0.384. The van der Waals surface area contributed by atoms with Crippen LogP contribution in [-0.2, 0) is 14.8 Å². The Bertz CT molecular complexity index is 625. The molecule has 0 aliphatic carbocycles. The summed E-state index contributed by atoms with van der Waals surface area (Å²) in [6.07, 6.45) is 1.71. The minimum Gasteiger partial charge on any atom is -0.497 e. The van der Waals surface area contributed by atoms with Crippen molar-refractivity contribution in [2.45, 2.75) is 33.6 Å². The van der Waals surface area contributed by atoms with Crippen LogP contribution in [0.5, 0.6) is 5.75 Å². The van der Waals surface area contributed by atoms with Gasteiger partial charge in [-0.05, 0) is 25.0 Å². The van der Waals surface area contributed by atoms with Crippen molar-refractivity contribution < 1.29 is 17.9 Å². The molecule has 24 heavy (non-hydrogen) atoms. The second-order valence-corrected chi connectivity index (χ2v) is 7.61. The molecule has 136 valence electrons. The maximum absolute atomic E-state index is 12.5. The summed E-state index contributed by atoms with van der Waals surface area (Å²) in [7, 11) is -2.10. The molecule has 1 amide bonds. The van der Waals surface area contributed by atoms with Gasteiger partial charge in [-0.3, -0.25) is 9.52 Å². The summed E-state index contributed by atoms with van der Waals surface area (Å²) >= 11 is 0. The number of hydrogen-bond acceptors (Lipinski definition) is 4. The zero-order chi connectivity index (χ0) is 18.2. The zero-order valence-corrected chi connectivity index (χ0v) is 15.7. The molecule has 1 atom stereocenters. The van der Waals surface area contributed by atoms with Gasteiger partial charge in [0.1, 0.15) is 5.75 Å². The van der Waals surface area contributed by atoms with Crippen molar-refractivity contribution in [3.8, 4) is 5.75 Å². The lowest BCUT2D eigenvalue weighted by Gasteiger charge is -2.25. The Morgan fingerprint density at radius 1 is 1.25 bits per heavy atom. The zero-order valence-electron chi connectivity index (χ0n) is 14.9. The van der Waals surface area contributed by atoms with Crippen LogP contribution >= 0.6 is 0 Å². The summed E-state index contributed by atoms with van der Waals surface area (Å²) in [5.41, 5.74) is 0.424. The molecule has 0 aromatic heterocycles. The average Bonchev–Trinajstić information content (AvgIpc) is 2.53. The Morgan fingerprint density at radius 2 is 1.88 bits per heavy atom. The SMILES string of the molecule is CCCN(CCC)C(=O)C(C)CS(=O)(=O)Nc1cccc(OC)c1. The molecule has 0 bridgehead atoms. The molecule has 0 aliphatic rings. The minimum atomic E-state index is -3.62. The molecule has 1 N–H and O–H groups in total. The van der Waals surface area contributed by atoms with Gasteiger partial charge in [0.2, 0.25) is 15.9 Å². The number of hydrogen-bond donors (Lipinski definition) is 1. The van der Waals surface area contributed by atoms with Crippen LogP contribution in [0.1, 0.15) is 33.6 Å². The number of nitrogens with one attached hydrogen (secondary N) is 1. The first kappa shape index (κ1) is 20.3. The lowest BCUT2D eigenvalue weighted by Crippen LogP contribution is -2.39. The fraction of sp³-hybridized carbons (Fsp3) is 0.588. The maximum atomic E-state index is 12.5. The van der Waals surface area contributed by atoms with Crippen LogP contribution < -0.4 is 9.46 Å². The second-order valence-electron chi connectivity index (χ2n) is 5.84. The number of benzene rings is 1. The van der Waals surface area contributed by atoms with E-state index in [4.69, 9.17) is 4.74 Å². The fourth-order valence-electron chi connectivity index (χ4n) is 2.49. The maximum Gasteiger partial charge on any atom is 0.233 e. The quantitative estimate of drug-likeness (QED) is 0.699. The Kier molecular flexibility index (Phi) is 8.04. The molecule has 1 rings (SSSR count). The number of methoxy groups -OCH3 is 1.